The summed E-state index contributed by atoms with van der Waals surface area (Å²) in [5.41, 5.74) is 0.818. The highest BCUT2D eigenvalue weighted by atomic mass is 32.2. The molecule has 1 unspecified atom stereocenters. The van der Waals surface area contributed by atoms with Gasteiger partial charge in [0.25, 0.3) is 0 Å². The first-order valence-electron chi connectivity index (χ1n) is 5.86. The molecule has 2 N–H and O–H groups in total. The second kappa shape index (κ2) is 6.63. The number of alkyl halides is 3. The maximum atomic E-state index is 12.1. The van der Waals surface area contributed by atoms with Crippen molar-refractivity contribution in [1.29, 1.82) is 0 Å². The first kappa shape index (κ1) is 16.1. The Hall–Kier alpha value is -1.32. The van der Waals surface area contributed by atoms with Gasteiger partial charge in [-0.05, 0) is 12.1 Å². The van der Waals surface area contributed by atoms with E-state index >= 15 is 0 Å². The first-order valence-corrected chi connectivity index (χ1v) is 7.66. The molecule has 2 aromatic rings. The van der Waals surface area contributed by atoms with Gasteiger partial charge in [0.2, 0.25) is 5.91 Å². The van der Waals surface area contributed by atoms with Crippen molar-refractivity contribution < 1.29 is 23.1 Å². The number of nitrogens with one attached hydrogen (secondary N) is 1. The van der Waals surface area contributed by atoms with Crippen molar-refractivity contribution in [3.8, 4) is 0 Å². The molecule has 0 spiro atoms. The number of para-hydroxylation sites is 1. The SMILES string of the molecule is O=C(CSc1nc2ccccc2s1)NCC(O)C(F)(F)F. The molecule has 0 bridgehead atoms. The molecule has 0 fully saturated rings. The van der Waals surface area contributed by atoms with Gasteiger partial charge in [-0.1, -0.05) is 23.9 Å². The third-order valence-electron chi connectivity index (χ3n) is 2.47. The van der Waals surface area contributed by atoms with Crippen molar-refractivity contribution >= 4 is 39.2 Å². The van der Waals surface area contributed by atoms with E-state index < -0.39 is 24.7 Å². The Morgan fingerprint density at radius 2 is 2.14 bits per heavy atom. The summed E-state index contributed by atoms with van der Waals surface area (Å²) in [5, 5.41) is 10.8. The van der Waals surface area contributed by atoms with Gasteiger partial charge in [-0.3, -0.25) is 4.79 Å². The van der Waals surface area contributed by atoms with E-state index in [0.717, 1.165) is 22.0 Å². The Morgan fingerprint density at radius 3 is 2.81 bits per heavy atom. The van der Waals surface area contributed by atoms with Gasteiger partial charge in [0.1, 0.15) is 0 Å². The van der Waals surface area contributed by atoms with Crippen LogP contribution in [0.2, 0.25) is 0 Å². The molecule has 21 heavy (non-hydrogen) atoms. The van der Waals surface area contributed by atoms with Crippen LogP contribution in [0.25, 0.3) is 10.2 Å². The van der Waals surface area contributed by atoms with Crippen LogP contribution in [-0.4, -0.2) is 40.6 Å². The van der Waals surface area contributed by atoms with Crippen molar-refractivity contribution in [3.05, 3.63) is 24.3 Å². The number of nitrogens with zero attached hydrogens (tertiary/aromatic N) is 1. The molecule has 4 nitrogen and oxygen atoms in total. The number of hydrogen-bond acceptors (Lipinski definition) is 5. The van der Waals surface area contributed by atoms with E-state index in [1.54, 1.807) is 0 Å². The van der Waals surface area contributed by atoms with Gasteiger partial charge < -0.3 is 10.4 Å². The zero-order valence-corrected chi connectivity index (χ0v) is 12.2. The van der Waals surface area contributed by atoms with Gasteiger partial charge in [0, 0.05) is 0 Å². The third kappa shape index (κ3) is 4.58. The number of thiazole rings is 1. The Morgan fingerprint density at radius 1 is 1.43 bits per heavy atom. The lowest BCUT2D eigenvalue weighted by molar-refractivity contribution is -0.201. The number of fused-ring (bicyclic) bond motifs is 1. The molecule has 0 radical (unpaired) electrons. The molecular weight excluding hydrogens is 325 g/mol. The van der Waals surface area contributed by atoms with E-state index in [0.29, 0.717) is 4.34 Å². The Bertz CT molecular complexity index is 597. The first-order chi connectivity index (χ1) is 9.86. The number of aromatic nitrogens is 1. The molecule has 0 aliphatic carbocycles. The number of rotatable bonds is 5. The lowest BCUT2D eigenvalue weighted by atomic mass is 10.3. The number of halogens is 3. The average molecular weight is 336 g/mol. The van der Waals surface area contributed by atoms with Gasteiger partial charge in [-0.15, -0.1) is 11.3 Å². The molecule has 1 atom stereocenters. The van der Waals surface area contributed by atoms with E-state index in [4.69, 9.17) is 5.11 Å². The fourth-order valence-electron chi connectivity index (χ4n) is 1.42. The molecule has 0 aliphatic heterocycles. The maximum absolute atomic E-state index is 12.1. The maximum Gasteiger partial charge on any atom is 0.416 e. The monoisotopic (exact) mass is 336 g/mol. The minimum absolute atomic E-state index is 0.0512. The topological polar surface area (TPSA) is 62.2 Å². The second-order valence-corrected chi connectivity index (χ2v) is 6.35. The van der Waals surface area contributed by atoms with E-state index in [1.807, 2.05) is 29.6 Å². The molecule has 0 saturated carbocycles. The van der Waals surface area contributed by atoms with Gasteiger partial charge in [0.05, 0.1) is 22.5 Å². The average Bonchev–Trinajstić information content (AvgIpc) is 2.84. The molecule has 114 valence electrons. The smallest absolute Gasteiger partial charge is 0.382 e. The summed E-state index contributed by atoms with van der Waals surface area (Å²) in [7, 11) is 0. The summed E-state index contributed by atoms with van der Waals surface area (Å²) in [5.74, 6) is -0.632. The van der Waals surface area contributed by atoms with Crippen LogP contribution >= 0.6 is 23.1 Å². The number of amides is 1. The molecule has 0 saturated heterocycles. The van der Waals surface area contributed by atoms with E-state index in [-0.39, 0.29) is 5.75 Å². The summed E-state index contributed by atoms with van der Waals surface area (Å²) in [6.45, 7) is -0.845. The molecule has 9 heteroatoms. The lowest BCUT2D eigenvalue weighted by Gasteiger charge is -2.14. The standard InChI is InChI=1S/C12H11F3N2O2S2/c13-12(14,15)9(18)5-16-10(19)6-20-11-17-7-3-1-2-4-8(7)21-11/h1-4,9,18H,5-6H2,(H,16,19). The Balaban J connectivity index is 1.81. The number of carbonyl (C=O) groups is 1. The van der Waals surface area contributed by atoms with Crippen LogP contribution in [0.1, 0.15) is 0 Å². The van der Waals surface area contributed by atoms with Gasteiger partial charge >= 0.3 is 6.18 Å². The van der Waals surface area contributed by atoms with Crippen LogP contribution in [0.4, 0.5) is 13.2 Å². The molecule has 1 heterocycles. The Kier molecular flexibility index (Phi) is 5.07. The van der Waals surface area contributed by atoms with Crippen LogP contribution in [-0.2, 0) is 4.79 Å². The highest BCUT2D eigenvalue weighted by Crippen LogP contribution is 2.29. The number of carbonyl (C=O) groups excluding carboxylic acids is 1. The summed E-state index contributed by atoms with van der Waals surface area (Å²) < 4.78 is 37.8. The number of thioether (sulfide) groups is 1. The highest BCUT2D eigenvalue weighted by Gasteiger charge is 2.38. The highest BCUT2D eigenvalue weighted by molar-refractivity contribution is 8.01. The van der Waals surface area contributed by atoms with Crippen LogP contribution in [0.3, 0.4) is 0 Å². The van der Waals surface area contributed by atoms with E-state index in [9.17, 15) is 18.0 Å². The number of hydrogen-bond donors (Lipinski definition) is 2. The zero-order chi connectivity index (χ0) is 15.5. The summed E-state index contributed by atoms with van der Waals surface area (Å²) >= 11 is 2.56. The lowest BCUT2D eigenvalue weighted by Crippen LogP contribution is -2.41. The van der Waals surface area contributed by atoms with Crippen molar-refractivity contribution in [2.24, 2.45) is 0 Å². The largest absolute Gasteiger partial charge is 0.416 e. The fourth-order valence-corrected chi connectivity index (χ4v) is 3.32. The van der Waals surface area contributed by atoms with Crippen LogP contribution in [0, 0.1) is 0 Å². The normalized spacial score (nSPS) is 13.3. The second-order valence-electron chi connectivity index (χ2n) is 4.10. The van der Waals surface area contributed by atoms with Crippen molar-refractivity contribution in [3.63, 3.8) is 0 Å². The number of aliphatic hydroxyl groups is 1. The van der Waals surface area contributed by atoms with Crippen molar-refractivity contribution in [2.45, 2.75) is 16.6 Å². The summed E-state index contributed by atoms with van der Waals surface area (Å²) in [4.78, 5) is 15.7. The molecule has 0 aliphatic rings. The minimum Gasteiger partial charge on any atom is -0.382 e. The quantitative estimate of drug-likeness (QED) is 0.823. The van der Waals surface area contributed by atoms with Crippen LogP contribution < -0.4 is 5.32 Å². The molecular formula is C12H11F3N2O2S2. The molecule has 1 aromatic heterocycles. The molecule has 1 amide bonds. The number of aliphatic hydroxyl groups excluding tert-OH is 1. The fraction of sp³-hybridized carbons (Fsp3) is 0.333. The third-order valence-corrected chi connectivity index (χ3v) is 4.65. The predicted octanol–water partition coefficient (Wildman–Crippen LogP) is 2.43. The van der Waals surface area contributed by atoms with Gasteiger partial charge in [0.15, 0.2) is 10.4 Å². The zero-order valence-electron chi connectivity index (χ0n) is 10.6. The predicted molar refractivity (Wildman–Crippen MR) is 75.4 cm³/mol. The molecule has 1 aromatic carbocycles. The summed E-state index contributed by atoms with van der Waals surface area (Å²) in [6.07, 6.45) is -7.28. The molecule has 2 rings (SSSR count). The summed E-state index contributed by atoms with van der Waals surface area (Å²) in [6, 6.07) is 7.47. The Labute approximate surface area is 126 Å². The van der Waals surface area contributed by atoms with Gasteiger partial charge in [-0.25, -0.2) is 4.98 Å². The van der Waals surface area contributed by atoms with Crippen LogP contribution in [0.15, 0.2) is 28.6 Å². The van der Waals surface area contributed by atoms with Crippen molar-refractivity contribution in [2.75, 3.05) is 12.3 Å². The number of benzene rings is 1. The minimum atomic E-state index is -4.73. The van der Waals surface area contributed by atoms with E-state index in [1.165, 1.54) is 11.3 Å². The van der Waals surface area contributed by atoms with Gasteiger partial charge in [-0.2, -0.15) is 13.2 Å². The van der Waals surface area contributed by atoms with Crippen LogP contribution in [0.5, 0.6) is 0 Å². The van der Waals surface area contributed by atoms with Crippen molar-refractivity contribution in [1.82, 2.24) is 10.3 Å². The van der Waals surface area contributed by atoms with E-state index in [2.05, 4.69) is 4.98 Å².